The van der Waals surface area contributed by atoms with E-state index in [1.54, 1.807) is 0 Å². The predicted molar refractivity (Wildman–Crippen MR) is 60.6 cm³/mol. The van der Waals surface area contributed by atoms with E-state index in [-0.39, 0.29) is 6.04 Å². The second-order valence-electron chi connectivity index (χ2n) is 3.87. The first-order valence-corrected chi connectivity index (χ1v) is 5.12. The number of rotatable bonds is 3. The van der Waals surface area contributed by atoms with E-state index in [1.807, 2.05) is 37.1 Å². The topological polar surface area (TPSA) is 53.1 Å². The summed E-state index contributed by atoms with van der Waals surface area (Å²) in [6.07, 6.45) is 1.44. The fourth-order valence-electron chi connectivity index (χ4n) is 1.52. The second kappa shape index (κ2) is 4.33. The molecule has 0 radical (unpaired) electrons. The van der Waals surface area contributed by atoms with Gasteiger partial charge in [0.2, 0.25) is 0 Å². The number of hydrogen-bond donors (Lipinski definition) is 0. The Morgan fingerprint density at radius 2 is 2.38 bits per heavy atom. The van der Waals surface area contributed by atoms with E-state index in [0.29, 0.717) is 0 Å². The van der Waals surface area contributed by atoms with Crippen molar-refractivity contribution in [1.82, 2.24) is 9.88 Å². The van der Waals surface area contributed by atoms with E-state index in [9.17, 15) is 0 Å². The molecule has 4 nitrogen and oxygen atoms in total. The molecule has 2 rings (SSSR count). The largest absolute Gasteiger partial charge is 0.443 e. The Labute approximate surface area is 94.1 Å². The molecule has 0 aliphatic heterocycles. The highest BCUT2D eigenvalue weighted by atomic mass is 16.3. The van der Waals surface area contributed by atoms with Gasteiger partial charge in [0.1, 0.15) is 5.52 Å². The van der Waals surface area contributed by atoms with Gasteiger partial charge in [-0.2, -0.15) is 5.26 Å². The van der Waals surface area contributed by atoms with Crippen LogP contribution in [0.4, 0.5) is 0 Å². The molecule has 1 aromatic carbocycles. The predicted octanol–water partition coefficient (Wildman–Crippen LogP) is 2.17. The summed E-state index contributed by atoms with van der Waals surface area (Å²) in [7, 11) is 1.93. The first-order valence-electron chi connectivity index (χ1n) is 5.12. The van der Waals surface area contributed by atoms with Crippen molar-refractivity contribution in [3.05, 3.63) is 30.2 Å². The van der Waals surface area contributed by atoms with Gasteiger partial charge < -0.3 is 4.42 Å². The highest BCUT2D eigenvalue weighted by Gasteiger charge is 2.09. The molecular weight excluding hydrogens is 202 g/mol. The van der Waals surface area contributed by atoms with Crippen molar-refractivity contribution in [3.63, 3.8) is 0 Å². The molecule has 0 aliphatic rings. The van der Waals surface area contributed by atoms with E-state index in [0.717, 1.165) is 23.2 Å². The molecule has 0 aliphatic carbocycles. The van der Waals surface area contributed by atoms with Crippen molar-refractivity contribution in [2.45, 2.75) is 19.5 Å². The number of fused-ring (bicyclic) bond motifs is 1. The molecule has 1 atom stereocenters. The summed E-state index contributed by atoms with van der Waals surface area (Å²) in [4.78, 5) is 6.04. The van der Waals surface area contributed by atoms with Crippen LogP contribution < -0.4 is 0 Å². The maximum atomic E-state index is 8.80. The Kier molecular flexibility index (Phi) is 2.88. The number of oxazole rings is 1. The van der Waals surface area contributed by atoms with Gasteiger partial charge in [-0.05, 0) is 31.7 Å². The van der Waals surface area contributed by atoms with Crippen molar-refractivity contribution in [1.29, 1.82) is 5.26 Å². The summed E-state index contributed by atoms with van der Waals surface area (Å²) >= 11 is 0. The molecule has 0 saturated heterocycles. The molecule has 0 saturated carbocycles. The molecular formula is C12H13N3O. The van der Waals surface area contributed by atoms with Gasteiger partial charge in [0.25, 0.3) is 0 Å². The van der Waals surface area contributed by atoms with Gasteiger partial charge in [0.05, 0.1) is 12.1 Å². The molecule has 0 fully saturated rings. The van der Waals surface area contributed by atoms with E-state index < -0.39 is 0 Å². The van der Waals surface area contributed by atoms with Crippen LogP contribution in [-0.2, 0) is 6.54 Å². The van der Waals surface area contributed by atoms with Crippen LogP contribution in [0.2, 0.25) is 0 Å². The van der Waals surface area contributed by atoms with Gasteiger partial charge in [0, 0.05) is 6.54 Å². The highest BCUT2D eigenvalue weighted by Crippen LogP contribution is 2.15. The molecule has 1 unspecified atom stereocenters. The molecule has 0 N–H and O–H groups in total. The number of hydrogen-bond acceptors (Lipinski definition) is 4. The number of nitrogens with zero attached hydrogens (tertiary/aromatic N) is 3. The summed E-state index contributed by atoms with van der Waals surface area (Å²) < 4.78 is 5.23. The van der Waals surface area contributed by atoms with E-state index in [4.69, 9.17) is 9.68 Å². The Balaban J connectivity index is 2.18. The van der Waals surface area contributed by atoms with Crippen molar-refractivity contribution in [3.8, 4) is 6.07 Å². The van der Waals surface area contributed by atoms with Gasteiger partial charge in [-0.15, -0.1) is 0 Å². The van der Waals surface area contributed by atoms with Gasteiger partial charge in [-0.1, -0.05) is 6.07 Å². The number of benzene rings is 1. The van der Waals surface area contributed by atoms with E-state index in [1.165, 1.54) is 6.39 Å². The molecule has 82 valence electrons. The van der Waals surface area contributed by atoms with Crippen LogP contribution in [0.25, 0.3) is 11.1 Å². The van der Waals surface area contributed by atoms with Crippen LogP contribution in [0.5, 0.6) is 0 Å². The highest BCUT2D eigenvalue weighted by molar-refractivity contribution is 5.72. The first kappa shape index (κ1) is 10.7. The van der Waals surface area contributed by atoms with Gasteiger partial charge in [0.15, 0.2) is 12.0 Å². The van der Waals surface area contributed by atoms with Crippen LogP contribution in [0.15, 0.2) is 29.0 Å². The fourth-order valence-corrected chi connectivity index (χ4v) is 1.52. The maximum Gasteiger partial charge on any atom is 0.181 e. The Morgan fingerprint density at radius 1 is 1.56 bits per heavy atom. The van der Waals surface area contributed by atoms with Gasteiger partial charge >= 0.3 is 0 Å². The normalized spacial score (nSPS) is 12.9. The standard InChI is InChI=1S/C12H13N3O/c1-9(6-13)15(2)7-10-3-4-11-12(5-10)16-8-14-11/h3-5,8-9H,7H2,1-2H3. The third-order valence-corrected chi connectivity index (χ3v) is 2.68. The van der Waals surface area contributed by atoms with Crippen LogP contribution in [0, 0.1) is 11.3 Å². The van der Waals surface area contributed by atoms with Crippen LogP contribution >= 0.6 is 0 Å². The fraction of sp³-hybridized carbons (Fsp3) is 0.333. The minimum atomic E-state index is -0.0922. The number of nitriles is 1. The average molecular weight is 215 g/mol. The summed E-state index contributed by atoms with van der Waals surface area (Å²) in [6.45, 7) is 2.61. The van der Waals surface area contributed by atoms with Gasteiger partial charge in [-0.3, -0.25) is 4.90 Å². The summed E-state index contributed by atoms with van der Waals surface area (Å²) in [5.41, 5.74) is 2.77. The molecule has 2 aromatic rings. The van der Waals surface area contributed by atoms with Crippen molar-refractivity contribution >= 4 is 11.1 Å². The third kappa shape index (κ3) is 2.05. The van der Waals surface area contributed by atoms with Crippen LogP contribution in [0.1, 0.15) is 12.5 Å². The lowest BCUT2D eigenvalue weighted by Crippen LogP contribution is -2.26. The van der Waals surface area contributed by atoms with Crippen molar-refractivity contribution in [2.24, 2.45) is 0 Å². The molecule has 4 heteroatoms. The minimum absolute atomic E-state index is 0.0922. The molecule has 0 spiro atoms. The molecule has 1 aromatic heterocycles. The smallest absolute Gasteiger partial charge is 0.181 e. The Bertz CT molecular complexity index is 526. The lowest BCUT2D eigenvalue weighted by Gasteiger charge is -2.18. The van der Waals surface area contributed by atoms with Crippen LogP contribution in [-0.4, -0.2) is 23.0 Å². The van der Waals surface area contributed by atoms with E-state index in [2.05, 4.69) is 11.1 Å². The number of aromatic nitrogens is 1. The first-order chi connectivity index (χ1) is 7.70. The summed E-state index contributed by atoms with van der Waals surface area (Å²) in [5, 5.41) is 8.80. The zero-order valence-electron chi connectivity index (χ0n) is 9.34. The zero-order chi connectivity index (χ0) is 11.5. The van der Waals surface area contributed by atoms with Crippen molar-refractivity contribution < 1.29 is 4.42 Å². The summed E-state index contributed by atoms with van der Waals surface area (Å²) in [5.74, 6) is 0. The van der Waals surface area contributed by atoms with Gasteiger partial charge in [-0.25, -0.2) is 4.98 Å². The average Bonchev–Trinajstić information content (AvgIpc) is 2.75. The van der Waals surface area contributed by atoms with Crippen molar-refractivity contribution in [2.75, 3.05) is 7.05 Å². The zero-order valence-corrected chi connectivity index (χ0v) is 9.34. The lowest BCUT2D eigenvalue weighted by molar-refractivity contribution is 0.294. The van der Waals surface area contributed by atoms with Crippen LogP contribution in [0.3, 0.4) is 0 Å². The maximum absolute atomic E-state index is 8.80. The summed E-state index contributed by atoms with van der Waals surface area (Å²) in [6, 6.07) is 8.01. The SMILES string of the molecule is CC(C#N)N(C)Cc1ccc2ncoc2c1. The Hall–Kier alpha value is -1.86. The quantitative estimate of drug-likeness (QED) is 0.787. The second-order valence-corrected chi connectivity index (χ2v) is 3.87. The Morgan fingerprint density at radius 3 is 3.12 bits per heavy atom. The monoisotopic (exact) mass is 215 g/mol. The molecule has 0 bridgehead atoms. The molecule has 16 heavy (non-hydrogen) atoms. The lowest BCUT2D eigenvalue weighted by atomic mass is 10.2. The molecule has 1 heterocycles. The minimum Gasteiger partial charge on any atom is -0.443 e. The third-order valence-electron chi connectivity index (χ3n) is 2.68. The molecule has 0 amide bonds. The van der Waals surface area contributed by atoms with E-state index >= 15 is 0 Å².